The number of carbonyl (C=O) groups excluding carboxylic acids is 6. The minimum Gasteiger partial charge on any atom is -0.452 e. The molecule has 1 N–H and O–H groups in total. The summed E-state index contributed by atoms with van der Waals surface area (Å²) in [4.78, 5) is 85.6. The zero-order chi connectivity index (χ0) is 54.4. The van der Waals surface area contributed by atoms with E-state index in [1.807, 2.05) is 31.2 Å². The smallest absolute Gasteiger partial charge is 0.338 e. The van der Waals surface area contributed by atoms with Crippen LogP contribution >= 0.6 is 11.8 Å². The van der Waals surface area contributed by atoms with Crippen molar-refractivity contribution in [3.05, 3.63) is 245 Å². The van der Waals surface area contributed by atoms with Crippen molar-refractivity contribution in [1.29, 1.82) is 0 Å². The highest BCUT2D eigenvalue weighted by Crippen LogP contribution is 2.40. The molecule has 0 bridgehead atoms. The molecule has 7 aromatic rings. The molecule has 2 fully saturated rings. The fraction of sp³-hybridized carbons (Fsp3) is 0.213. The Kier molecular flexibility index (Phi) is 18.2. The van der Waals surface area contributed by atoms with Crippen LogP contribution in [-0.4, -0.2) is 115 Å². The summed E-state index contributed by atoms with van der Waals surface area (Å²) >= 11 is 1.12. The van der Waals surface area contributed by atoms with Crippen LogP contribution in [-0.2, 0) is 42.6 Å². The third-order valence-electron chi connectivity index (χ3n) is 12.6. The molecule has 2 saturated heterocycles. The van der Waals surface area contributed by atoms with Crippen LogP contribution in [0, 0.1) is 6.92 Å². The lowest BCUT2D eigenvalue weighted by atomic mass is 9.97. The topological polar surface area (TPSA) is 206 Å². The molecule has 0 radical (unpaired) electrons. The third kappa shape index (κ3) is 13.6. The fourth-order valence-corrected chi connectivity index (χ4v) is 9.71. The molecule has 398 valence electrons. The lowest BCUT2D eigenvalue weighted by Crippen LogP contribution is -2.64. The fourth-order valence-electron chi connectivity index (χ4n) is 8.61. The molecule has 10 atom stereocenters. The predicted octanol–water partition coefficient (Wildman–Crippen LogP) is 8.90. The summed E-state index contributed by atoms with van der Waals surface area (Å²) < 4.78 is 57.2. The van der Waals surface area contributed by atoms with Crippen molar-refractivity contribution in [3.63, 3.8) is 0 Å². The van der Waals surface area contributed by atoms with Gasteiger partial charge >= 0.3 is 35.8 Å². The number of hydrogen-bond acceptors (Lipinski definition) is 17. The van der Waals surface area contributed by atoms with Gasteiger partial charge in [0, 0.05) is 4.90 Å². The lowest BCUT2D eigenvalue weighted by molar-refractivity contribution is -0.309. The van der Waals surface area contributed by atoms with Gasteiger partial charge < -0.3 is 47.7 Å². The number of carbonyl (C=O) groups is 6. The van der Waals surface area contributed by atoms with Crippen LogP contribution < -0.4 is 0 Å². The largest absolute Gasteiger partial charge is 0.452 e. The first kappa shape index (κ1) is 54.3. The number of aliphatic hydroxyl groups excluding tert-OH is 1. The van der Waals surface area contributed by atoms with E-state index >= 15 is 0 Å². The SMILES string of the molecule is Cc1ccc(S[C@H]2O[C@H](CO[C@H]3O[C@H](CO)[C@@H](OC(=O)c4ccccc4)[C@H](OC(=O)c4ccccc4)[C@@H]3OC(=O)c3ccccc3)[C@@H](OC(=O)c3ccccc3)[C@H](OC(=O)c3ccccc3)[C@@H]2OC(=O)c2ccccc2)cc1. The highest BCUT2D eigenvalue weighted by atomic mass is 32.2. The Morgan fingerprint density at radius 1 is 0.385 bits per heavy atom. The second kappa shape index (κ2) is 26.1. The maximum Gasteiger partial charge on any atom is 0.338 e. The first-order chi connectivity index (χ1) is 38.0. The summed E-state index contributed by atoms with van der Waals surface area (Å²) in [5.41, 5.74) is 0.360. The Morgan fingerprint density at radius 3 is 1.05 bits per heavy atom. The zero-order valence-electron chi connectivity index (χ0n) is 41.8. The highest BCUT2D eigenvalue weighted by Gasteiger charge is 2.56. The highest BCUT2D eigenvalue weighted by molar-refractivity contribution is 7.99. The zero-order valence-corrected chi connectivity index (χ0v) is 42.6. The molecule has 17 heteroatoms. The van der Waals surface area contributed by atoms with Crippen LogP contribution in [0.25, 0.3) is 0 Å². The average molecular weight is 1070 g/mol. The van der Waals surface area contributed by atoms with Crippen molar-refractivity contribution in [2.75, 3.05) is 13.2 Å². The van der Waals surface area contributed by atoms with Gasteiger partial charge in [-0.05, 0) is 91.9 Å². The molecule has 7 aromatic carbocycles. The molecule has 0 aromatic heterocycles. The first-order valence-electron chi connectivity index (χ1n) is 24.9. The van der Waals surface area contributed by atoms with Crippen molar-refractivity contribution in [1.82, 2.24) is 0 Å². The number of benzene rings is 7. The molecule has 9 rings (SSSR count). The number of esters is 6. The Bertz CT molecular complexity index is 3120. The minimum atomic E-state index is -1.79. The van der Waals surface area contributed by atoms with Crippen LogP contribution in [0.15, 0.2) is 211 Å². The van der Waals surface area contributed by atoms with Crippen molar-refractivity contribution < 1.29 is 76.5 Å². The minimum absolute atomic E-state index is 0.0742. The number of hydrogen-bond donors (Lipinski definition) is 1. The van der Waals surface area contributed by atoms with Crippen LogP contribution in [0.3, 0.4) is 0 Å². The normalized spacial score (nSPS) is 22.6. The molecule has 0 aliphatic carbocycles. The summed E-state index contributed by atoms with van der Waals surface area (Å²) in [6.45, 7) is 0.423. The van der Waals surface area contributed by atoms with Crippen molar-refractivity contribution in [2.24, 2.45) is 0 Å². The third-order valence-corrected chi connectivity index (χ3v) is 13.7. The van der Waals surface area contributed by atoms with Gasteiger partial charge in [0.2, 0.25) is 0 Å². The Hall–Kier alpha value is -8.45. The number of thioether (sulfide) groups is 1. The second-order valence-corrected chi connectivity index (χ2v) is 19.1. The number of rotatable bonds is 18. The Balaban J connectivity index is 1.13. The summed E-state index contributed by atoms with van der Waals surface area (Å²) in [5, 5.41) is 11.0. The van der Waals surface area contributed by atoms with E-state index in [-0.39, 0.29) is 33.4 Å². The summed E-state index contributed by atoms with van der Waals surface area (Å²) in [5.74, 6) is -5.29. The van der Waals surface area contributed by atoms with E-state index in [2.05, 4.69) is 0 Å². The van der Waals surface area contributed by atoms with E-state index in [0.29, 0.717) is 4.90 Å². The summed E-state index contributed by atoms with van der Waals surface area (Å²) in [6.07, 6.45) is -14.7. The molecule has 0 spiro atoms. The van der Waals surface area contributed by atoms with Gasteiger partial charge in [0.25, 0.3) is 0 Å². The van der Waals surface area contributed by atoms with Gasteiger partial charge in [-0.3, -0.25) is 0 Å². The second-order valence-electron chi connectivity index (χ2n) is 17.9. The van der Waals surface area contributed by atoms with E-state index in [0.717, 1.165) is 17.3 Å². The van der Waals surface area contributed by atoms with Gasteiger partial charge in [0.1, 0.15) is 17.6 Å². The molecule has 16 nitrogen and oxygen atoms in total. The van der Waals surface area contributed by atoms with Gasteiger partial charge in [0.15, 0.2) is 42.9 Å². The Morgan fingerprint density at radius 2 is 0.692 bits per heavy atom. The molecule has 0 unspecified atom stereocenters. The maximum atomic E-state index is 14.3. The van der Waals surface area contributed by atoms with Gasteiger partial charge in [-0.25, -0.2) is 28.8 Å². The van der Waals surface area contributed by atoms with Gasteiger partial charge in [-0.2, -0.15) is 0 Å². The van der Waals surface area contributed by atoms with E-state index in [1.54, 1.807) is 121 Å². The van der Waals surface area contributed by atoms with Crippen molar-refractivity contribution in [3.8, 4) is 0 Å². The molecular formula is C61H52O16S. The average Bonchev–Trinajstić information content (AvgIpc) is 3.63. The molecule has 2 heterocycles. The quantitative estimate of drug-likeness (QED) is 0.0629. The van der Waals surface area contributed by atoms with Gasteiger partial charge in [-0.1, -0.05) is 139 Å². The lowest BCUT2D eigenvalue weighted by Gasteiger charge is -2.46. The molecular weight excluding hydrogens is 1020 g/mol. The number of aliphatic hydroxyl groups is 1. The van der Waals surface area contributed by atoms with Crippen molar-refractivity contribution >= 4 is 47.6 Å². The standard InChI is InChI=1S/C61H52O16S/c1-38-32-34-45(35-33-38)78-61-53(77-59(68)44-30-18-7-19-31-44)51(75-57(66)42-26-14-5-15-27-42)49(73-55(64)40-22-10-3-11-23-40)47(71-61)37-69-60-52(76-58(67)43-28-16-6-17-29-43)50(74-56(65)41-24-12-4-13-25-41)48(46(36-62)70-60)72-54(63)39-20-8-2-9-21-39/h2-35,46-53,60-62H,36-37H2,1H3/t46-,47-,48-,49-,50+,51+,52+,53+,60+,61-/m1/s1. The summed E-state index contributed by atoms with van der Waals surface area (Å²) in [6, 6.07) is 55.2. The molecule has 2 aliphatic rings. The van der Waals surface area contributed by atoms with Crippen LogP contribution in [0.1, 0.15) is 67.7 Å². The van der Waals surface area contributed by atoms with Gasteiger partial charge in [0.05, 0.1) is 46.6 Å². The van der Waals surface area contributed by atoms with Crippen LogP contribution in [0.5, 0.6) is 0 Å². The van der Waals surface area contributed by atoms with Gasteiger partial charge in [-0.15, -0.1) is 0 Å². The van der Waals surface area contributed by atoms with E-state index in [9.17, 15) is 33.9 Å². The molecule has 0 saturated carbocycles. The van der Waals surface area contributed by atoms with Crippen LogP contribution in [0.2, 0.25) is 0 Å². The van der Waals surface area contributed by atoms with E-state index in [4.69, 9.17) is 42.6 Å². The monoisotopic (exact) mass is 1070 g/mol. The molecule has 2 aliphatic heterocycles. The number of ether oxygens (including phenoxy) is 9. The summed E-state index contributed by atoms with van der Waals surface area (Å²) in [7, 11) is 0. The van der Waals surface area contributed by atoms with E-state index in [1.165, 1.54) is 60.7 Å². The van der Waals surface area contributed by atoms with E-state index < -0.39 is 110 Å². The Labute approximate surface area is 453 Å². The van der Waals surface area contributed by atoms with Crippen LogP contribution in [0.4, 0.5) is 0 Å². The maximum absolute atomic E-state index is 14.3. The number of aryl methyl sites for hydroxylation is 1. The molecule has 0 amide bonds. The first-order valence-corrected chi connectivity index (χ1v) is 25.7. The molecule has 78 heavy (non-hydrogen) atoms. The van der Waals surface area contributed by atoms with Crippen molar-refractivity contribution in [2.45, 2.75) is 72.4 Å². The predicted molar refractivity (Wildman–Crippen MR) is 281 cm³/mol.